The molecule has 0 aromatic heterocycles. The minimum atomic E-state index is 1.17. The summed E-state index contributed by atoms with van der Waals surface area (Å²) in [4.78, 5) is 2.37. The lowest BCUT2D eigenvalue weighted by atomic mass is 10.2. The smallest absolute Gasteiger partial charge is 0.0187 e. The van der Waals surface area contributed by atoms with Crippen molar-refractivity contribution < 1.29 is 0 Å². The summed E-state index contributed by atoms with van der Waals surface area (Å²) in [6.07, 6.45) is 4.95. The molecule has 1 aliphatic rings. The first kappa shape index (κ1) is 10.7. The van der Waals surface area contributed by atoms with Crippen LogP contribution in [0, 0.1) is 0 Å². The van der Waals surface area contributed by atoms with Gasteiger partial charge in [-0.15, -0.1) is 0 Å². The number of rotatable bonds is 0. The molecule has 0 radical (unpaired) electrons. The van der Waals surface area contributed by atoms with Gasteiger partial charge in [0.15, 0.2) is 0 Å². The second kappa shape index (κ2) is 6.41. The first-order chi connectivity index (χ1) is 5.29. The lowest BCUT2D eigenvalue weighted by molar-refractivity contribution is 0.366. The van der Waals surface area contributed by atoms with E-state index >= 15 is 0 Å². The lowest BCUT2D eigenvalue weighted by Crippen LogP contribution is -2.19. The average molecular weight is 155 g/mol. The quantitative estimate of drug-likeness (QED) is 0.486. The van der Waals surface area contributed by atoms with E-state index in [2.05, 4.69) is 24.9 Å². The van der Waals surface area contributed by atoms with Crippen LogP contribution < -0.4 is 0 Å². The van der Waals surface area contributed by atoms with Crippen molar-refractivity contribution >= 4 is 0 Å². The maximum atomic E-state index is 2.37. The lowest BCUT2D eigenvalue weighted by Gasteiger charge is -2.12. The van der Waals surface area contributed by atoms with Gasteiger partial charge in [0.25, 0.3) is 0 Å². The van der Waals surface area contributed by atoms with Crippen LogP contribution in [0.5, 0.6) is 0 Å². The predicted octanol–water partition coefficient (Wildman–Crippen LogP) is 2.68. The van der Waals surface area contributed by atoms with Gasteiger partial charge in [0, 0.05) is 6.54 Å². The minimum Gasteiger partial charge on any atom is -0.302 e. The van der Waals surface area contributed by atoms with Crippen molar-refractivity contribution in [3.8, 4) is 0 Å². The summed E-state index contributed by atoms with van der Waals surface area (Å²) in [5.74, 6) is 0. The molecule has 1 heterocycles. The van der Waals surface area contributed by atoms with Crippen LogP contribution in [0.4, 0.5) is 0 Å². The fourth-order valence-corrected chi connectivity index (χ4v) is 1.28. The highest BCUT2D eigenvalue weighted by atomic mass is 15.1. The average Bonchev–Trinajstić information content (AvgIpc) is 2.18. The van der Waals surface area contributed by atoms with Crippen molar-refractivity contribution in [2.75, 3.05) is 20.1 Å². The number of likely N-dealkylation sites (N-methyl/N-ethyl adjacent to an activating group) is 1. The van der Waals surface area contributed by atoms with Crippen LogP contribution in [0.15, 0.2) is 11.6 Å². The maximum absolute atomic E-state index is 2.37. The van der Waals surface area contributed by atoms with Crippen molar-refractivity contribution in [2.24, 2.45) is 0 Å². The summed E-state index contributed by atoms with van der Waals surface area (Å²) in [7, 11) is 2.18. The van der Waals surface area contributed by atoms with E-state index in [0.29, 0.717) is 0 Å². The molecule has 0 saturated heterocycles. The highest BCUT2D eigenvalue weighted by Crippen LogP contribution is 2.06. The topological polar surface area (TPSA) is 3.24 Å². The molecule has 0 aromatic rings. The third-order valence-electron chi connectivity index (χ3n) is 1.76. The van der Waals surface area contributed by atoms with E-state index in [1.54, 1.807) is 0 Å². The summed E-state index contributed by atoms with van der Waals surface area (Å²) >= 11 is 0. The molecule has 11 heavy (non-hydrogen) atoms. The van der Waals surface area contributed by atoms with Crippen LogP contribution in [0.2, 0.25) is 0 Å². The van der Waals surface area contributed by atoms with Crippen LogP contribution in [-0.4, -0.2) is 25.0 Å². The van der Waals surface area contributed by atoms with Crippen molar-refractivity contribution in [1.82, 2.24) is 4.90 Å². The molecular weight excluding hydrogens is 134 g/mol. The third kappa shape index (κ3) is 5.02. The van der Waals surface area contributed by atoms with Crippen LogP contribution in [0.1, 0.15) is 33.6 Å². The number of hydrogen-bond acceptors (Lipinski definition) is 1. The van der Waals surface area contributed by atoms with Crippen LogP contribution >= 0.6 is 0 Å². The molecule has 0 unspecified atom stereocenters. The van der Waals surface area contributed by atoms with Gasteiger partial charge in [-0.3, -0.25) is 0 Å². The fraction of sp³-hybridized carbons (Fsp3) is 0.800. The van der Waals surface area contributed by atoms with Crippen molar-refractivity contribution in [3.63, 3.8) is 0 Å². The Kier molecular flexibility index (Phi) is 6.24. The molecule has 0 aromatic carbocycles. The minimum absolute atomic E-state index is 1.17. The van der Waals surface area contributed by atoms with Gasteiger partial charge in [-0.25, -0.2) is 0 Å². The van der Waals surface area contributed by atoms with E-state index in [-0.39, 0.29) is 0 Å². The molecule has 0 N–H and O–H groups in total. The molecule has 1 aliphatic heterocycles. The molecule has 1 heteroatoms. The molecule has 66 valence electrons. The summed E-state index contributed by atoms with van der Waals surface area (Å²) in [6, 6.07) is 0. The summed E-state index contributed by atoms with van der Waals surface area (Å²) in [5, 5.41) is 0. The zero-order valence-corrected chi connectivity index (χ0v) is 8.35. The molecule has 0 atom stereocenters. The fourth-order valence-electron chi connectivity index (χ4n) is 1.28. The zero-order valence-electron chi connectivity index (χ0n) is 8.35. The van der Waals surface area contributed by atoms with Gasteiger partial charge < -0.3 is 4.90 Å². The van der Waals surface area contributed by atoms with Crippen LogP contribution in [-0.2, 0) is 0 Å². The molecule has 0 spiro atoms. The molecule has 0 saturated carbocycles. The van der Waals surface area contributed by atoms with Crippen LogP contribution in [0.25, 0.3) is 0 Å². The Hall–Kier alpha value is -0.300. The highest BCUT2D eigenvalue weighted by Gasteiger charge is 2.01. The van der Waals surface area contributed by atoms with Crippen molar-refractivity contribution in [2.45, 2.75) is 33.6 Å². The molecule has 0 aliphatic carbocycles. The molecule has 1 nitrogen and oxygen atoms in total. The van der Waals surface area contributed by atoms with Gasteiger partial charge >= 0.3 is 0 Å². The highest BCUT2D eigenvalue weighted by molar-refractivity contribution is 5.01. The Labute approximate surface area is 71.1 Å². The number of nitrogens with zero attached hydrogens (tertiary/aromatic N) is 1. The summed E-state index contributed by atoms with van der Waals surface area (Å²) < 4.78 is 0. The van der Waals surface area contributed by atoms with E-state index in [1.807, 2.05) is 13.8 Å². The number of hydrogen-bond donors (Lipinski definition) is 0. The van der Waals surface area contributed by atoms with Gasteiger partial charge in [0.2, 0.25) is 0 Å². The normalized spacial score (nSPS) is 19.5. The Balaban J connectivity index is 0.000000461. The molecular formula is C10H21N. The summed E-state index contributed by atoms with van der Waals surface area (Å²) in [5.41, 5.74) is 1.52. The standard InChI is InChI=1S/C8H15N.C2H6/c1-8-5-3-4-6-9(2)7-8;1-2/h5H,3-4,6-7H2,1-2H3;1-2H3. The molecule has 1 rings (SSSR count). The monoisotopic (exact) mass is 155 g/mol. The van der Waals surface area contributed by atoms with Gasteiger partial charge in [0.1, 0.15) is 0 Å². The Morgan fingerprint density at radius 2 is 2.00 bits per heavy atom. The van der Waals surface area contributed by atoms with Crippen molar-refractivity contribution in [3.05, 3.63) is 11.6 Å². The van der Waals surface area contributed by atoms with Crippen LogP contribution in [0.3, 0.4) is 0 Å². The van der Waals surface area contributed by atoms with Crippen molar-refractivity contribution in [1.29, 1.82) is 0 Å². The number of allylic oxidation sites excluding steroid dienone is 1. The first-order valence-corrected chi connectivity index (χ1v) is 4.63. The van der Waals surface area contributed by atoms with Gasteiger partial charge in [-0.1, -0.05) is 25.5 Å². The first-order valence-electron chi connectivity index (χ1n) is 4.63. The molecule has 0 amide bonds. The largest absolute Gasteiger partial charge is 0.302 e. The van der Waals surface area contributed by atoms with E-state index in [1.165, 1.54) is 31.5 Å². The molecule has 0 fully saturated rings. The second-order valence-corrected chi connectivity index (χ2v) is 2.93. The summed E-state index contributed by atoms with van der Waals surface area (Å²) in [6.45, 7) is 8.63. The van der Waals surface area contributed by atoms with E-state index < -0.39 is 0 Å². The zero-order chi connectivity index (χ0) is 8.69. The SMILES string of the molecule is CC.CC1=CCCCN(C)C1. The van der Waals surface area contributed by atoms with Gasteiger partial charge in [-0.2, -0.15) is 0 Å². The van der Waals surface area contributed by atoms with E-state index in [4.69, 9.17) is 0 Å². The third-order valence-corrected chi connectivity index (χ3v) is 1.76. The predicted molar refractivity (Wildman–Crippen MR) is 51.8 cm³/mol. The maximum Gasteiger partial charge on any atom is 0.0187 e. The second-order valence-electron chi connectivity index (χ2n) is 2.93. The Morgan fingerprint density at radius 1 is 1.36 bits per heavy atom. The Morgan fingerprint density at radius 3 is 2.64 bits per heavy atom. The Bertz CT molecular complexity index is 116. The van der Waals surface area contributed by atoms with E-state index in [0.717, 1.165) is 0 Å². The van der Waals surface area contributed by atoms with Gasteiger partial charge in [-0.05, 0) is 33.4 Å². The molecule has 0 bridgehead atoms. The van der Waals surface area contributed by atoms with Gasteiger partial charge in [0.05, 0.1) is 0 Å². The van der Waals surface area contributed by atoms with E-state index in [9.17, 15) is 0 Å².